The molecule has 0 aliphatic carbocycles. The molecular weight excluding hydrogens is 366 g/mol. The van der Waals surface area contributed by atoms with Gasteiger partial charge in [-0.1, -0.05) is 39.7 Å². The van der Waals surface area contributed by atoms with Crippen LogP contribution in [0.15, 0.2) is 46.9 Å². The van der Waals surface area contributed by atoms with Gasteiger partial charge in [0.25, 0.3) is 0 Å². The lowest BCUT2D eigenvalue weighted by molar-refractivity contribution is -0.136. The molecule has 0 unspecified atom stereocenters. The molecule has 3 aromatic rings. The SMILES string of the molecule is Cc1ccc2c(c1)c(CCC(=O)O)c(C)n2Cc1ccc(Br)cc1. The summed E-state index contributed by atoms with van der Waals surface area (Å²) in [5.41, 5.74) is 5.89. The van der Waals surface area contributed by atoms with E-state index >= 15 is 0 Å². The van der Waals surface area contributed by atoms with E-state index in [1.165, 1.54) is 22.0 Å². The molecule has 124 valence electrons. The molecular formula is C20H20BrNO2. The summed E-state index contributed by atoms with van der Waals surface area (Å²) in [6.45, 7) is 4.94. The Morgan fingerprint density at radius 2 is 1.83 bits per heavy atom. The lowest BCUT2D eigenvalue weighted by Crippen LogP contribution is -2.03. The maximum Gasteiger partial charge on any atom is 0.303 e. The van der Waals surface area contributed by atoms with E-state index in [1.807, 2.05) is 12.1 Å². The molecule has 1 N–H and O–H groups in total. The number of benzene rings is 2. The van der Waals surface area contributed by atoms with E-state index in [4.69, 9.17) is 5.11 Å². The van der Waals surface area contributed by atoms with E-state index in [9.17, 15) is 4.79 Å². The number of aromatic nitrogens is 1. The van der Waals surface area contributed by atoms with Gasteiger partial charge >= 0.3 is 5.97 Å². The van der Waals surface area contributed by atoms with Crippen molar-refractivity contribution in [3.63, 3.8) is 0 Å². The normalized spacial score (nSPS) is 11.1. The smallest absolute Gasteiger partial charge is 0.303 e. The highest BCUT2D eigenvalue weighted by molar-refractivity contribution is 9.10. The fourth-order valence-electron chi connectivity index (χ4n) is 3.19. The topological polar surface area (TPSA) is 42.2 Å². The molecule has 0 spiro atoms. The van der Waals surface area contributed by atoms with Crippen molar-refractivity contribution in [2.24, 2.45) is 0 Å². The number of fused-ring (bicyclic) bond motifs is 1. The van der Waals surface area contributed by atoms with E-state index in [1.54, 1.807) is 0 Å². The minimum Gasteiger partial charge on any atom is -0.481 e. The molecule has 24 heavy (non-hydrogen) atoms. The molecule has 0 radical (unpaired) electrons. The fourth-order valence-corrected chi connectivity index (χ4v) is 3.45. The number of halogens is 1. The summed E-state index contributed by atoms with van der Waals surface area (Å²) in [4.78, 5) is 11.0. The number of hydrogen-bond donors (Lipinski definition) is 1. The zero-order valence-corrected chi connectivity index (χ0v) is 15.4. The van der Waals surface area contributed by atoms with Gasteiger partial charge in [-0.2, -0.15) is 0 Å². The zero-order valence-electron chi connectivity index (χ0n) is 13.8. The number of carbonyl (C=O) groups is 1. The first-order chi connectivity index (χ1) is 11.5. The number of carboxylic acids is 1. The third-order valence-electron chi connectivity index (χ3n) is 4.45. The van der Waals surface area contributed by atoms with Crippen LogP contribution in [-0.4, -0.2) is 15.6 Å². The monoisotopic (exact) mass is 385 g/mol. The van der Waals surface area contributed by atoms with Crippen LogP contribution in [0.4, 0.5) is 0 Å². The average molecular weight is 386 g/mol. The third-order valence-corrected chi connectivity index (χ3v) is 4.98. The minimum absolute atomic E-state index is 0.159. The molecule has 2 aromatic carbocycles. The minimum atomic E-state index is -0.754. The second-order valence-electron chi connectivity index (χ2n) is 6.19. The second-order valence-corrected chi connectivity index (χ2v) is 7.11. The van der Waals surface area contributed by atoms with Gasteiger partial charge in [-0.05, 0) is 55.7 Å². The average Bonchev–Trinajstić information content (AvgIpc) is 2.79. The summed E-state index contributed by atoms with van der Waals surface area (Å²) in [6, 6.07) is 14.7. The molecule has 0 fully saturated rings. The van der Waals surface area contributed by atoms with Gasteiger partial charge in [-0.25, -0.2) is 0 Å². The van der Waals surface area contributed by atoms with Crippen LogP contribution in [0, 0.1) is 13.8 Å². The van der Waals surface area contributed by atoms with Gasteiger partial charge in [0.15, 0.2) is 0 Å². The van der Waals surface area contributed by atoms with Crippen LogP contribution in [-0.2, 0) is 17.8 Å². The number of hydrogen-bond acceptors (Lipinski definition) is 1. The first-order valence-corrected chi connectivity index (χ1v) is 8.79. The molecule has 0 saturated carbocycles. The van der Waals surface area contributed by atoms with Crippen LogP contribution in [0.25, 0.3) is 10.9 Å². The van der Waals surface area contributed by atoms with Gasteiger partial charge in [-0.3, -0.25) is 4.79 Å². The Kier molecular flexibility index (Phi) is 4.76. The molecule has 3 nitrogen and oxygen atoms in total. The van der Waals surface area contributed by atoms with Crippen LogP contribution in [0.2, 0.25) is 0 Å². The van der Waals surface area contributed by atoms with Crippen molar-refractivity contribution in [2.75, 3.05) is 0 Å². The number of nitrogens with zero attached hydrogens (tertiary/aromatic N) is 1. The Bertz CT molecular complexity index is 894. The Morgan fingerprint density at radius 1 is 1.12 bits per heavy atom. The first kappa shape index (κ1) is 16.8. The maximum atomic E-state index is 11.0. The summed E-state index contributed by atoms with van der Waals surface area (Å²) < 4.78 is 3.35. The van der Waals surface area contributed by atoms with Crippen LogP contribution < -0.4 is 0 Å². The van der Waals surface area contributed by atoms with Crippen molar-refractivity contribution in [3.8, 4) is 0 Å². The summed E-state index contributed by atoms with van der Waals surface area (Å²) in [6.07, 6.45) is 0.723. The van der Waals surface area contributed by atoms with Gasteiger partial charge in [0.05, 0.1) is 0 Å². The van der Waals surface area contributed by atoms with Crippen molar-refractivity contribution < 1.29 is 9.90 Å². The van der Waals surface area contributed by atoms with Gasteiger partial charge in [0.2, 0.25) is 0 Å². The summed E-state index contributed by atoms with van der Waals surface area (Å²) in [5, 5.41) is 10.2. The lowest BCUT2D eigenvalue weighted by atomic mass is 10.0. The van der Waals surface area contributed by atoms with E-state index in [-0.39, 0.29) is 6.42 Å². The van der Waals surface area contributed by atoms with E-state index < -0.39 is 5.97 Å². The lowest BCUT2D eigenvalue weighted by Gasteiger charge is -2.09. The number of aliphatic carboxylic acids is 1. The Hall–Kier alpha value is -2.07. The van der Waals surface area contributed by atoms with E-state index in [2.05, 4.69) is 64.7 Å². The molecule has 1 aromatic heterocycles. The van der Waals surface area contributed by atoms with Crippen molar-refractivity contribution in [1.82, 2.24) is 4.57 Å². The van der Waals surface area contributed by atoms with Gasteiger partial charge in [-0.15, -0.1) is 0 Å². The molecule has 0 aliphatic heterocycles. The van der Waals surface area contributed by atoms with Gasteiger partial charge in [0.1, 0.15) is 0 Å². The Morgan fingerprint density at radius 3 is 2.50 bits per heavy atom. The molecule has 0 saturated heterocycles. The highest BCUT2D eigenvalue weighted by Crippen LogP contribution is 2.29. The molecule has 0 atom stereocenters. The van der Waals surface area contributed by atoms with E-state index in [0.29, 0.717) is 6.42 Å². The highest BCUT2D eigenvalue weighted by Gasteiger charge is 2.15. The first-order valence-electron chi connectivity index (χ1n) is 8.00. The van der Waals surface area contributed by atoms with Crippen LogP contribution in [0.3, 0.4) is 0 Å². The second kappa shape index (κ2) is 6.81. The molecule has 4 heteroatoms. The standard InChI is InChI=1S/C20H20BrNO2/c1-13-3-9-19-18(11-13)17(8-10-20(23)24)14(2)22(19)12-15-4-6-16(21)7-5-15/h3-7,9,11H,8,10,12H2,1-2H3,(H,23,24). The van der Waals surface area contributed by atoms with Gasteiger partial charge < -0.3 is 9.67 Å². The van der Waals surface area contributed by atoms with Crippen LogP contribution in [0.5, 0.6) is 0 Å². The fraction of sp³-hybridized carbons (Fsp3) is 0.250. The zero-order chi connectivity index (χ0) is 17.3. The number of rotatable bonds is 5. The summed E-state index contributed by atoms with van der Waals surface area (Å²) in [5.74, 6) is -0.754. The molecule has 3 rings (SSSR count). The van der Waals surface area contributed by atoms with Crippen LogP contribution in [0.1, 0.15) is 28.8 Å². The van der Waals surface area contributed by atoms with Crippen molar-refractivity contribution in [3.05, 3.63) is 69.3 Å². The Labute approximate surface area is 150 Å². The summed E-state index contributed by atoms with van der Waals surface area (Å²) >= 11 is 3.47. The third kappa shape index (κ3) is 3.39. The van der Waals surface area contributed by atoms with Crippen LogP contribution >= 0.6 is 15.9 Å². The Balaban J connectivity index is 2.07. The predicted octanol–water partition coefficient (Wildman–Crippen LogP) is 5.09. The largest absolute Gasteiger partial charge is 0.481 e. The predicted molar refractivity (Wildman–Crippen MR) is 101 cm³/mol. The summed E-state index contributed by atoms with van der Waals surface area (Å²) in [7, 11) is 0. The molecule has 1 heterocycles. The van der Waals surface area contributed by atoms with Gasteiger partial charge in [0, 0.05) is 34.0 Å². The quantitative estimate of drug-likeness (QED) is 0.664. The van der Waals surface area contributed by atoms with Crippen molar-refractivity contribution in [1.29, 1.82) is 0 Å². The van der Waals surface area contributed by atoms with E-state index in [0.717, 1.165) is 22.3 Å². The molecule has 0 amide bonds. The van der Waals surface area contributed by atoms with Crippen molar-refractivity contribution >= 4 is 32.8 Å². The molecule has 0 bridgehead atoms. The number of aryl methyl sites for hydroxylation is 2. The van der Waals surface area contributed by atoms with Crippen molar-refractivity contribution in [2.45, 2.75) is 33.2 Å². The maximum absolute atomic E-state index is 11.0. The molecule has 0 aliphatic rings. The highest BCUT2D eigenvalue weighted by atomic mass is 79.9. The number of carboxylic acid groups (broad SMARTS) is 1.